The molecule has 2 aliphatic heterocycles. The molecule has 0 radical (unpaired) electrons. The predicted octanol–water partition coefficient (Wildman–Crippen LogP) is 4.58. The Morgan fingerprint density at radius 3 is 2.34 bits per heavy atom. The van der Waals surface area contributed by atoms with Gasteiger partial charge in [-0.25, -0.2) is 0 Å². The number of hydrogen-bond acceptors (Lipinski definition) is 4. The molecule has 2 heterocycles. The molecule has 2 saturated heterocycles. The van der Waals surface area contributed by atoms with Crippen LogP contribution >= 0.6 is 11.6 Å². The molecule has 0 saturated carbocycles. The minimum Gasteiger partial charge on any atom is -0.384 e. The van der Waals surface area contributed by atoms with E-state index in [4.69, 9.17) is 11.6 Å². The molecule has 1 aromatic carbocycles. The number of carbonyl (C=O) groups is 2. The van der Waals surface area contributed by atoms with Crippen molar-refractivity contribution in [1.82, 2.24) is 15.1 Å². The quantitative estimate of drug-likeness (QED) is 0.593. The summed E-state index contributed by atoms with van der Waals surface area (Å²) in [4.78, 5) is 30.9. The molecule has 196 valence electrons. The van der Waals surface area contributed by atoms with Gasteiger partial charge in [0.15, 0.2) is 0 Å². The number of carbonyl (C=O) groups excluding carboxylic acids is 2. The fourth-order valence-corrected chi connectivity index (χ4v) is 5.98. The fourth-order valence-electron chi connectivity index (χ4n) is 5.86. The van der Waals surface area contributed by atoms with Crippen LogP contribution in [-0.4, -0.2) is 64.0 Å². The monoisotopic (exact) mass is 505 g/mol. The van der Waals surface area contributed by atoms with Gasteiger partial charge in [0.05, 0.1) is 5.60 Å². The zero-order chi connectivity index (χ0) is 26.2. The average Bonchev–Trinajstić information content (AvgIpc) is 3.22. The number of likely N-dealkylation sites (tertiary alicyclic amines) is 2. The Bertz CT molecular complexity index is 909. The van der Waals surface area contributed by atoms with Gasteiger partial charge in [0, 0.05) is 41.5 Å². The van der Waals surface area contributed by atoms with Gasteiger partial charge in [-0.1, -0.05) is 51.4 Å². The zero-order valence-corrected chi connectivity index (χ0v) is 23.3. The molecule has 0 bridgehead atoms. The number of aliphatic hydroxyl groups is 1. The lowest BCUT2D eigenvalue weighted by atomic mass is 9.66. The van der Waals surface area contributed by atoms with Crippen molar-refractivity contribution in [2.75, 3.05) is 19.6 Å². The van der Waals surface area contributed by atoms with Gasteiger partial charge in [-0.05, 0) is 70.2 Å². The van der Waals surface area contributed by atoms with Crippen LogP contribution in [0.15, 0.2) is 24.3 Å². The molecule has 7 heteroatoms. The number of benzene rings is 1. The SMILES string of the molecule is CC(C)[C@@H](NC(=O)C[C@@H]1CCCN1C(C)(C)C)C(=O)N1CC[C@](O)(c2ccc(Cl)cc2)C(C)(C)C1. The minimum atomic E-state index is -1.07. The van der Waals surface area contributed by atoms with Crippen molar-refractivity contribution in [3.05, 3.63) is 34.9 Å². The van der Waals surface area contributed by atoms with Gasteiger partial charge < -0.3 is 15.3 Å². The number of amides is 2. The molecule has 2 fully saturated rings. The van der Waals surface area contributed by atoms with E-state index >= 15 is 0 Å². The van der Waals surface area contributed by atoms with E-state index in [9.17, 15) is 14.7 Å². The number of nitrogens with zero attached hydrogens (tertiary/aromatic N) is 2. The van der Waals surface area contributed by atoms with Gasteiger partial charge in [0.25, 0.3) is 0 Å². The van der Waals surface area contributed by atoms with Crippen molar-refractivity contribution >= 4 is 23.4 Å². The third-order valence-corrected chi connectivity index (χ3v) is 8.24. The normalized spacial score (nSPS) is 26.1. The largest absolute Gasteiger partial charge is 0.384 e. The summed E-state index contributed by atoms with van der Waals surface area (Å²) in [6.45, 7) is 16.3. The van der Waals surface area contributed by atoms with E-state index in [0.29, 0.717) is 31.0 Å². The number of halogens is 1. The van der Waals surface area contributed by atoms with E-state index in [1.54, 1.807) is 12.1 Å². The van der Waals surface area contributed by atoms with Crippen LogP contribution in [0, 0.1) is 11.3 Å². The van der Waals surface area contributed by atoms with Gasteiger partial charge in [-0.3, -0.25) is 14.5 Å². The second-order valence-corrected chi connectivity index (χ2v) is 12.9. The first kappa shape index (κ1) is 27.9. The summed E-state index contributed by atoms with van der Waals surface area (Å²) < 4.78 is 0. The van der Waals surface area contributed by atoms with E-state index < -0.39 is 17.1 Å². The van der Waals surface area contributed by atoms with Crippen LogP contribution in [0.5, 0.6) is 0 Å². The van der Waals surface area contributed by atoms with Gasteiger partial charge in [0.1, 0.15) is 6.04 Å². The number of piperidine rings is 1. The molecule has 2 N–H and O–H groups in total. The molecular formula is C28H44ClN3O3. The summed E-state index contributed by atoms with van der Waals surface area (Å²) in [5.41, 5.74) is -0.802. The third kappa shape index (κ3) is 6.03. The molecule has 0 aromatic heterocycles. The lowest BCUT2D eigenvalue weighted by Crippen LogP contribution is -2.60. The van der Waals surface area contributed by atoms with Gasteiger partial charge in [-0.2, -0.15) is 0 Å². The average molecular weight is 506 g/mol. The standard InChI is InChI=1S/C28H44ClN3O3/c1-19(2)24(30-23(33)17-22-9-8-15-32(22)26(3,4)5)25(34)31-16-14-28(35,27(6,7)18-31)20-10-12-21(29)13-11-20/h10-13,19,22,24,35H,8-9,14-18H2,1-7H3,(H,30,33)/t22-,24+,28-/m0/s1. The molecule has 35 heavy (non-hydrogen) atoms. The molecular weight excluding hydrogens is 462 g/mol. The molecule has 1 aromatic rings. The first-order chi connectivity index (χ1) is 16.2. The zero-order valence-electron chi connectivity index (χ0n) is 22.5. The van der Waals surface area contributed by atoms with Crippen molar-refractivity contribution in [1.29, 1.82) is 0 Å². The van der Waals surface area contributed by atoms with Gasteiger partial charge in [0.2, 0.25) is 11.8 Å². The van der Waals surface area contributed by atoms with E-state index in [1.165, 1.54) is 0 Å². The van der Waals surface area contributed by atoms with Crippen LogP contribution in [0.2, 0.25) is 5.02 Å². The molecule has 0 unspecified atom stereocenters. The summed E-state index contributed by atoms with van der Waals surface area (Å²) in [6, 6.07) is 6.94. The number of rotatable bonds is 6. The Labute approximate surface area is 216 Å². The number of nitrogens with one attached hydrogen (secondary N) is 1. The molecule has 6 nitrogen and oxygen atoms in total. The van der Waals surface area contributed by atoms with Crippen molar-refractivity contribution in [2.45, 2.75) is 97.4 Å². The van der Waals surface area contributed by atoms with Crippen molar-refractivity contribution < 1.29 is 14.7 Å². The van der Waals surface area contributed by atoms with Crippen molar-refractivity contribution in [2.24, 2.45) is 11.3 Å². The van der Waals surface area contributed by atoms with Crippen molar-refractivity contribution in [3.63, 3.8) is 0 Å². The maximum Gasteiger partial charge on any atom is 0.245 e. The summed E-state index contributed by atoms with van der Waals surface area (Å²) >= 11 is 6.05. The molecule has 2 aliphatic rings. The van der Waals surface area contributed by atoms with E-state index in [1.807, 2.05) is 44.7 Å². The highest BCUT2D eigenvalue weighted by Crippen LogP contribution is 2.46. The highest BCUT2D eigenvalue weighted by atomic mass is 35.5. The second-order valence-electron chi connectivity index (χ2n) is 12.4. The van der Waals surface area contributed by atoms with E-state index in [2.05, 4.69) is 31.0 Å². The Hall–Kier alpha value is -1.63. The third-order valence-electron chi connectivity index (χ3n) is 7.99. The van der Waals surface area contributed by atoms with E-state index in [0.717, 1.165) is 24.9 Å². The maximum atomic E-state index is 13.6. The molecule has 3 rings (SSSR count). The first-order valence-electron chi connectivity index (χ1n) is 13.0. The molecule has 0 spiro atoms. The summed E-state index contributed by atoms with van der Waals surface area (Å²) in [5, 5.41) is 15.3. The predicted molar refractivity (Wildman–Crippen MR) is 141 cm³/mol. The summed E-state index contributed by atoms with van der Waals surface area (Å²) in [5.74, 6) is -0.167. The smallest absolute Gasteiger partial charge is 0.245 e. The van der Waals surface area contributed by atoms with Crippen molar-refractivity contribution in [3.8, 4) is 0 Å². The fraction of sp³-hybridized carbons (Fsp3) is 0.714. The summed E-state index contributed by atoms with van der Waals surface area (Å²) in [7, 11) is 0. The maximum absolute atomic E-state index is 13.6. The Morgan fingerprint density at radius 2 is 1.80 bits per heavy atom. The lowest BCUT2D eigenvalue weighted by Gasteiger charge is -2.51. The highest BCUT2D eigenvalue weighted by Gasteiger charge is 2.50. The van der Waals surface area contributed by atoms with Crippen LogP contribution in [0.3, 0.4) is 0 Å². The summed E-state index contributed by atoms with van der Waals surface area (Å²) in [6.07, 6.45) is 2.94. The minimum absolute atomic E-state index is 0.0228. The van der Waals surface area contributed by atoms with Gasteiger partial charge in [-0.15, -0.1) is 0 Å². The molecule has 3 atom stereocenters. The Morgan fingerprint density at radius 1 is 1.17 bits per heavy atom. The highest BCUT2D eigenvalue weighted by molar-refractivity contribution is 6.30. The Kier molecular flexibility index (Phi) is 8.30. The van der Waals surface area contributed by atoms with Crippen LogP contribution < -0.4 is 5.32 Å². The first-order valence-corrected chi connectivity index (χ1v) is 13.4. The molecule has 0 aliphatic carbocycles. The molecule has 2 amide bonds. The van der Waals surface area contributed by atoms with Crippen LogP contribution in [0.4, 0.5) is 0 Å². The topological polar surface area (TPSA) is 72.9 Å². The van der Waals surface area contributed by atoms with Crippen LogP contribution in [-0.2, 0) is 15.2 Å². The van der Waals surface area contributed by atoms with Crippen LogP contribution in [0.1, 0.15) is 79.7 Å². The Balaban J connectivity index is 1.68. The number of hydrogen-bond donors (Lipinski definition) is 2. The van der Waals surface area contributed by atoms with Crippen LogP contribution in [0.25, 0.3) is 0 Å². The lowest BCUT2D eigenvalue weighted by molar-refractivity contribution is -0.156. The van der Waals surface area contributed by atoms with Gasteiger partial charge >= 0.3 is 0 Å². The second kappa shape index (κ2) is 10.4. The van der Waals surface area contributed by atoms with E-state index in [-0.39, 0.29) is 29.3 Å².